The first kappa shape index (κ1) is 15.6. The molecule has 0 aliphatic rings. The number of nitrogens with zero attached hydrogens (tertiary/aromatic N) is 1. The maximum atomic E-state index is 12.3. The van der Waals surface area contributed by atoms with Crippen molar-refractivity contribution in [3.05, 3.63) is 80.5 Å². The van der Waals surface area contributed by atoms with Gasteiger partial charge in [0.05, 0.1) is 11.4 Å². The first-order chi connectivity index (χ1) is 11.1. The molecule has 2 aromatic carbocycles. The molecular weight excluding hydrogens is 332 g/mol. The number of hydrogen-bond acceptors (Lipinski definition) is 3. The van der Waals surface area contributed by atoms with Crippen molar-refractivity contribution >= 4 is 23.4 Å². The first-order valence-electron chi connectivity index (χ1n) is 6.85. The second kappa shape index (κ2) is 6.48. The van der Waals surface area contributed by atoms with E-state index in [1.165, 1.54) is 10.6 Å². The van der Waals surface area contributed by atoms with E-state index in [1.54, 1.807) is 36.0 Å². The topological polar surface area (TPSA) is 54.9 Å². The number of benzene rings is 2. The van der Waals surface area contributed by atoms with Gasteiger partial charge in [0.1, 0.15) is 0 Å². The Morgan fingerprint density at radius 2 is 1.65 bits per heavy atom. The average Bonchev–Trinajstić information content (AvgIpc) is 2.55. The molecular formula is C17H13ClN2O2S. The largest absolute Gasteiger partial charge is 0.333 e. The van der Waals surface area contributed by atoms with Gasteiger partial charge in [0.15, 0.2) is 0 Å². The average molecular weight is 345 g/mol. The van der Waals surface area contributed by atoms with Crippen molar-refractivity contribution in [3.63, 3.8) is 0 Å². The van der Waals surface area contributed by atoms with E-state index in [1.807, 2.05) is 30.5 Å². The van der Waals surface area contributed by atoms with Crippen LogP contribution in [0.4, 0.5) is 0 Å². The summed E-state index contributed by atoms with van der Waals surface area (Å²) < 4.78 is 1.48. The van der Waals surface area contributed by atoms with Crippen molar-refractivity contribution in [1.82, 2.24) is 9.55 Å². The summed E-state index contributed by atoms with van der Waals surface area (Å²) in [6.45, 7) is 0. The van der Waals surface area contributed by atoms with Crippen LogP contribution in [0.15, 0.2) is 69.1 Å². The minimum Gasteiger partial charge on any atom is -0.274 e. The Labute approximate surface area is 141 Å². The highest BCUT2D eigenvalue weighted by Gasteiger charge is 2.10. The molecule has 0 saturated heterocycles. The lowest BCUT2D eigenvalue weighted by atomic mass is 10.1. The molecule has 116 valence electrons. The normalized spacial score (nSPS) is 10.7. The summed E-state index contributed by atoms with van der Waals surface area (Å²) in [5, 5.41) is 0.594. The fraction of sp³-hybridized carbons (Fsp3) is 0.0588. The Morgan fingerprint density at radius 3 is 2.26 bits per heavy atom. The molecule has 23 heavy (non-hydrogen) atoms. The summed E-state index contributed by atoms with van der Waals surface area (Å²) in [7, 11) is 0. The Morgan fingerprint density at radius 1 is 1.00 bits per heavy atom. The van der Waals surface area contributed by atoms with Gasteiger partial charge in [-0.2, -0.15) is 0 Å². The van der Waals surface area contributed by atoms with Gasteiger partial charge in [-0.3, -0.25) is 14.3 Å². The lowest BCUT2D eigenvalue weighted by Crippen LogP contribution is -2.29. The molecule has 0 bridgehead atoms. The smallest absolute Gasteiger partial charge is 0.274 e. The van der Waals surface area contributed by atoms with Gasteiger partial charge < -0.3 is 0 Å². The molecule has 0 fully saturated rings. The summed E-state index contributed by atoms with van der Waals surface area (Å²) >= 11 is 7.53. The number of aromatic amines is 1. The van der Waals surface area contributed by atoms with Gasteiger partial charge in [0, 0.05) is 16.0 Å². The summed E-state index contributed by atoms with van der Waals surface area (Å²) in [6, 6.07) is 16.0. The zero-order valence-corrected chi connectivity index (χ0v) is 13.8. The molecule has 1 aromatic heterocycles. The fourth-order valence-corrected chi connectivity index (χ4v) is 2.85. The number of aromatic nitrogens is 2. The van der Waals surface area contributed by atoms with E-state index in [2.05, 4.69) is 4.98 Å². The molecule has 0 atom stereocenters. The SMILES string of the molecule is CSc1ccc(-n2c(-c3ccc(Cl)cc3)cc(=O)[nH]c2=O)cc1. The van der Waals surface area contributed by atoms with Crippen molar-refractivity contribution < 1.29 is 0 Å². The van der Waals surface area contributed by atoms with Gasteiger partial charge in [-0.15, -0.1) is 11.8 Å². The van der Waals surface area contributed by atoms with Crippen molar-refractivity contribution in [3.8, 4) is 16.9 Å². The highest BCUT2D eigenvalue weighted by atomic mass is 35.5. The Hall–Kier alpha value is -2.24. The second-order valence-electron chi connectivity index (χ2n) is 4.86. The number of nitrogens with one attached hydrogen (secondary N) is 1. The van der Waals surface area contributed by atoms with Gasteiger partial charge in [0.2, 0.25) is 0 Å². The predicted octanol–water partition coefficient (Wildman–Crippen LogP) is 3.57. The van der Waals surface area contributed by atoms with Crippen LogP contribution in [0.1, 0.15) is 0 Å². The van der Waals surface area contributed by atoms with Crippen molar-refractivity contribution in [2.24, 2.45) is 0 Å². The Balaban J connectivity index is 2.24. The van der Waals surface area contributed by atoms with Crippen LogP contribution in [0, 0.1) is 0 Å². The summed E-state index contributed by atoms with van der Waals surface area (Å²) in [6.07, 6.45) is 1.99. The number of thioether (sulfide) groups is 1. The molecule has 1 heterocycles. The molecule has 3 aromatic rings. The quantitative estimate of drug-likeness (QED) is 0.739. The zero-order chi connectivity index (χ0) is 16.4. The summed E-state index contributed by atoms with van der Waals surface area (Å²) in [5.74, 6) is 0. The van der Waals surface area contributed by atoms with Crippen LogP contribution in [-0.4, -0.2) is 15.8 Å². The van der Waals surface area contributed by atoms with E-state index in [0.717, 1.165) is 10.5 Å². The number of halogens is 1. The highest BCUT2D eigenvalue weighted by molar-refractivity contribution is 7.98. The second-order valence-corrected chi connectivity index (χ2v) is 6.18. The zero-order valence-electron chi connectivity index (χ0n) is 12.2. The minimum absolute atomic E-state index is 0.433. The van der Waals surface area contributed by atoms with Crippen molar-refractivity contribution in [2.75, 3.05) is 6.26 Å². The number of hydrogen-bond donors (Lipinski definition) is 1. The molecule has 3 rings (SSSR count). The third kappa shape index (κ3) is 3.25. The molecule has 0 amide bonds. The Bertz CT molecular complexity index is 944. The van der Waals surface area contributed by atoms with Crippen LogP contribution in [-0.2, 0) is 0 Å². The van der Waals surface area contributed by atoms with E-state index in [9.17, 15) is 9.59 Å². The van der Waals surface area contributed by atoms with Crippen LogP contribution in [0.5, 0.6) is 0 Å². The summed E-state index contributed by atoms with van der Waals surface area (Å²) in [4.78, 5) is 27.5. The van der Waals surface area contributed by atoms with Gasteiger partial charge >= 0.3 is 5.69 Å². The third-order valence-electron chi connectivity index (χ3n) is 3.41. The van der Waals surface area contributed by atoms with E-state index in [0.29, 0.717) is 16.4 Å². The predicted molar refractivity (Wildman–Crippen MR) is 94.9 cm³/mol. The van der Waals surface area contributed by atoms with Crippen LogP contribution in [0.25, 0.3) is 16.9 Å². The molecule has 0 spiro atoms. The lowest BCUT2D eigenvalue weighted by molar-refractivity contribution is 0.903. The van der Waals surface area contributed by atoms with Crippen molar-refractivity contribution in [2.45, 2.75) is 4.90 Å². The monoisotopic (exact) mass is 344 g/mol. The van der Waals surface area contributed by atoms with Gasteiger partial charge in [-0.1, -0.05) is 23.7 Å². The first-order valence-corrected chi connectivity index (χ1v) is 8.45. The highest BCUT2D eigenvalue weighted by Crippen LogP contribution is 2.23. The van der Waals surface area contributed by atoms with Crippen LogP contribution in [0.3, 0.4) is 0 Å². The molecule has 0 saturated carbocycles. The molecule has 4 nitrogen and oxygen atoms in total. The van der Waals surface area contributed by atoms with E-state index < -0.39 is 11.2 Å². The van der Waals surface area contributed by atoms with E-state index >= 15 is 0 Å². The standard InChI is InChI=1S/C17H13ClN2O2S/c1-23-14-8-6-13(7-9-14)20-15(10-16(21)19-17(20)22)11-2-4-12(18)5-3-11/h2-10H,1H3,(H,19,21,22). The van der Waals surface area contributed by atoms with Crippen LogP contribution in [0.2, 0.25) is 5.02 Å². The molecule has 1 N–H and O–H groups in total. The van der Waals surface area contributed by atoms with E-state index in [4.69, 9.17) is 11.6 Å². The van der Waals surface area contributed by atoms with Crippen LogP contribution < -0.4 is 11.2 Å². The lowest BCUT2D eigenvalue weighted by Gasteiger charge is -2.12. The summed E-state index contributed by atoms with van der Waals surface area (Å²) in [5.41, 5.74) is 1.05. The molecule has 0 unspecified atom stereocenters. The van der Waals surface area contributed by atoms with Crippen molar-refractivity contribution in [1.29, 1.82) is 0 Å². The third-order valence-corrected chi connectivity index (χ3v) is 4.41. The fourth-order valence-electron chi connectivity index (χ4n) is 2.32. The van der Waals surface area contributed by atoms with Gasteiger partial charge in [-0.25, -0.2) is 4.79 Å². The van der Waals surface area contributed by atoms with Gasteiger partial charge in [-0.05, 0) is 48.2 Å². The minimum atomic E-state index is -0.473. The number of H-pyrrole nitrogens is 1. The molecule has 0 radical (unpaired) electrons. The molecule has 0 aliphatic carbocycles. The van der Waals surface area contributed by atoms with E-state index in [-0.39, 0.29) is 0 Å². The molecule has 0 aliphatic heterocycles. The van der Waals surface area contributed by atoms with Crippen LogP contribution >= 0.6 is 23.4 Å². The maximum Gasteiger partial charge on any atom is 0.333 e. The Kier molecular flexibility index (Phi) is 4.41. The van der Waals surface area contributed by atoms with Gasteiger partial charge in [0.25, 0.3) is 5.56 Å². The molecule has 6 heteroatoms. The maximum absolute atomic E-state index is 12.3. The number of rotatable bonds is 3.